The minimum atomic E-state index is -3.55. The normalized spacial score (nSPS) is 14.1. The smallest absolute Gasteiger partial charge is 0.343 e. The highest BCUT2D eigenvalue weighted by Gasteiger charge is 2.42. The average Bonchev–Trinajstić information content (AvgIpc) is 2.60. The largest absolute Gasteiger partial charge is 0.493 e. The van der Waals surface area contributed by atoms with E-state index in [-0.39, 0.29) is 17.5 Å². The third-order valence-corrected chi connectivity index (χ3v) is 2.49. The number of aromatic nitrogens is 2. The van der Waals surface area contributed by atoms with Gasteiger partial charge in [0.1, 0.15) is 11.7 Å². The summed E-state index contributed by atoms with van der Waals surface area (Å²) in [5.74, 6) is 5.34. The number of rotatable bonds is 5. The lowest BCUT2D eigenvalue weighted by Crippen LogP contribution is -2.39. The van der Waals surface area contributed by atoms with Crippen molar-refractivity contribution in [2.45, 2.75) is 31.3 Å². The van der Waals surface area contributed by atoms with Crippen LogP contribution in [0.2, 0.25) is 0 Å². The lowest BCUT2D eigenvalue weighted by Gasteiger charge is -2.23. The van der Waals surface area contributed by atoms with Crippen LogP contribution in [-0.2, 0) is 0 Å². The molecule has 1 rings (SSSR count). The van der Waals surface area contributed by atoms with Crippen molar-refractivity contribution in [2.75, 3.05) is 7.11 Å². The predicted octanol–water partition coefficient (Wildman–Crippen LogP) is 1.81. The highest BCUT2D eigenvalue weighted by molar-refractivity contribution is 6.22. The van der Waals surface area contributed by atoms with Gasteiger partial charge in [-0.25, -0.2) is 5.43 Å². The van der Waals surface area contributed by atoms with Crippen LogP contribution in [0.4, 0.5) is 8.78 Å². The zero-order valence-corrected chi connectivity index (χ0v) is 10.5. The van der Waals surface area contributed by atoms with Crippen molar-refractivity contribution in [1.29, 1.82) is 0 Å². The van der Waals surface area contributed by atoms with E-state index in [0.717, 1.165) is 0 Å². The van der Waals surface area contributed by atoms with Crippen LogP contribution < -0.4 is 16.0 Å². The molecule has 0 saturated carbocycles. The first-order valence-electron chi connectivity index (χ1n) is 4.97. The molecule has 0 aliphatic rings. The lowest BCUT2D eigenvalue weighted by molar-refractivity contribution is 0.0446. The maximum absolute atomic E-state index is 13.2. The zero-order valence-electron chi connectivity index (χ0n) is 9.75. The van der Waals surface area contributed by atoms with Gasteiger partial charge in [0.15, 0.2) is 5.75 Å². The topological polar surface area (TPSA) is 65.1 Å². The molecule has 5 nitrogen and oxygen atoms in total. The molecule has 0 aromatic carbocycles. The van der Waals surface area contributed by atoms with Crippen LogP contribution in [0, 0.1) is 0 Å². The van der Waals surface area contributed by atoms with Gasteiger partial charge < -0.3 is 4.74 Å². The number of ether oxygens (including phenoxy) is 1. The molecule has 17 heavy (non-hydrogen) atoms. The Hall–Kier alpha value is -0.920. The van der Waals surface area contributed by atoms with Crippen molar-refractivity contribution in [3.63, 3.8) is 0 Å². The molecule has 1 heterocycles. The van der Waals surface area contributed by atoms with Gasteiger partial charge >= 0.3 is 5.38 Å². The summed E-state index contributed by atoms with van der Waals surface area (Å²) in [5, 5.41) is 0.426. The molecule has 0 bridgehead atoms. The van der Waals surface area contributed by atoms with Gasteiger partial charge in [-0.15, -0.1) is 0 Å². The fourth-order valence-corrected chi connectivity index (χ4v) is 1.69. The third kappa shape index (κ3) is 2.85. The van der Waals surface area contributed by atoms with E-state index in [4.69, 9.17) is 22.2 Å². The summed E-state index contributed by atoms with van der Waals surface area (Å²) in [6, 6.07) is -1.70. The first kappa shape index (κ1) is 14.1. The van der Waals surface area contributed by atoms with Crippen molar-refractivity contribution in [3.05, 3.63) is 11.9 Å². The van der Waals surface area contributed by atoms with Gasteiger partial charge in [-0.2, -0.15) is 13.9 Å². The van der Waals surface area contributed by atoms with Gasteiger partial charge in [-0.3, -0.25) is 10.5 Å². The fourth-order valence-electron chi connectivity index (χ4n) is 1.53. The maximum atomic E-state index is 13.2. The van der Waals surface area contributed by atoms with Crippen LogP contribution >= 0.6 is 11.6 Å². The Morgan fingerprint density at radius 2 is 2.18 bits per heavy atom. The van der Waals surface area contributed by atoms with Crippen molar-refractivity contribution >= 4 is 11.6 Å². The summed E-state index contributed by atoms with van der Waals surface area (Å²) in [5.41, 5.74) is 2.11. The first-order chi connectivity index (χ1) is 7.82. The highest BCUT2D eigenvalue weighted by atomic mass is 35.5. The Labute approximate surface area is 103 Å². The summed E-state index contributed by atoms with van der Waals surface area (Å²) in [6.07, 6.45) is 1.35. The Kier molecular flexibility index (Phi) is 4.29. The summed E-state index contributed by atoms with van der Waals surface area (Å²) in [4.78, 5) is 0. The molecule has 0 fully saturated rings. The van der Waals surface area contributed by atoms with Crippen LogP contribution in [0.15, 0.2) is 6.20 Å². The highest BCUT2D eigenvalue weighted by Crippen LogP contribution is 2.39. The Morgan fingerprint density at radius 1 is 1.59 bits per heavy atom. The van der Waals surface area contributed by atoms with Gasteiger partial charge in [0.2, 0.25) is 0 Å². The molecule has 0 radical (unpaired) electrons. The number of nitrogens with zero attached hydrogens (tertiary/aromatic N) is 2. The molecule has 1 aromatic rings. The van der Waals surface area contributed by atoms with Crippen LogP contribution in [0.3, 0.4) is 0 Å². The molecule has 0 aliphatic carbocycles. The molecule has 0 amide bonds. The van der Waals surface area contributed by atoms with Crippen LogP contribution in [0.25, 0.3) is 0 Å². The number of alkyl halides is 3. The summed E-state index contributed by atoms with van der Waals surface area (Å²) in [7, 11) is 1.37. The summed E-state index contributed by atoms with van der Waals surface area (Å²) in [6.45, 7) is 3.60. The molecular formula is C9H15ClF2N4O. The number of nitrogens with two attached hydrogens (primary N) is 1. The number of hydrogen-bond acceptors (Lipinski definition) is 4. The number of nitrogens with one attached hydrogen (secondary N) is 1. The molecule has 1 aromatic heterocycles. The minimum absolute atomic E-state index is 0.116. The molecule has 1 unspecified atom stereocenters. The molecule has 1 atom stereocenters. The number of methoxy groups -OCH3 is 1. The van der Waals surface area contributed by atoms with Crippen molar-refractivity contribution in [1.82, 2.24) is 15.2 Å². The van der Waals surface area contributed by atoms with E-state index in [2.05, 4.69) is 5.10 Å². The Bertz CT molecular complexity index is 378. The fraction of sp³-hybridized carbons (Fsp3) is 0.667. The predicted molar refractivity (Wildman–Crippen MR) is 60.0 cm³/mol. The molecule has 0 saturated heterocycles. The van der Waals surface area contributed by atoms with Crippen molar-refractivity contribution in [3.8, 4) is 5.75 Å². The second kappa shape index (κ2) is 5.16. The zero-order chi connectivity index (χ0) is 13.2. The maximum Gasteiger partial charge on any atom is 0.343 e. The first-order valence-corrected chi connectivity index (χ1v) is 5.35. The van der Waals surface area contributed by atoms with E-state index < -0.39 is 11.4 Å². The minimum Gasteiger partial charge on any atom is -0.493 e. The second-order valence-corrected chi connectivity index (χ2v) is 4.28. The number of hydrogen-bond donors (Lipinski definition) is 2. The summed E-state index contributed by atoms with van der Waals surface area (Å²) >= 11 is 5.02. The quantitative estimate of drug-likeness (QED) is 0.486. The average molecular weight is 269 g/mol. The van der Waals surface area contributed by atoms with Gasteiger partial charge in [0.05, 0.1) is 13.3 Å². The van der Waals surface area contributed by atoms with E-state index >= 15 is 0 Å². The van der Waals surface area contributed by atoms with Gasteiger partial charge in [-0.1, -0.05) is 0 Å². The van der Waals surface area contributed by atoms with E-state index in [1.807, 2.05) is 5.43 Å². The molecule has 8 heteroatoms. The summed E-state index contributed by atoms with van der Waals surface area (Å²) < 4.78 is 32.8. The molecule has 98 valence electrons. The Balaban J connectivity index is 3.29. The van der Waals surface area contributed by atoms with Crippen molar-refractivity contribution in [2.24, 2.45) is 5.84 Å². The third-order valence-electron chi connectivity index (χ3n) is 2.28. The molecule has 3 N–H and O–H groups in total. The lowest BCUT2D eigenvalue weighted by atomic mass is 10.2. The van der Waals surface area contributed by atoms with Gasteiger partial charge in [0, 0.05) is 6.04 Å². The molecular weight excluding hydrogens is 254 g/mol. The SMILES string of the molecule is COc1cnn(C(C)C)c1C(NN)C(F)(F)Cl. The number of halogens is 3. The molecule has 0 aliphatic heterocycles. The van der Waals surface area contributed by atoms with Crippen LogP contribution in [-0.4, -0.2) is 22.3 Å². The second-order valence-electron chi connectivity index (χ2n) is 3.78. The van der Waals surface area contributed by atoms with Gasteiger partial charge in [0.25, 0.3) is 0 Å². The van der Waals surface area contributed by atoms with Crippen molar-refractivity contribution < 1.29 is 13.5 Å². The van der Waals surface area contributed by atoms with E-state index in [9.17, 15) is 8.78 Å². The molecule has 0 spiro atoms. The van der Waals surface area contributed by atoms with E-state index in [1.54, 1.807) is 13.8 Å². The van der Waals surface area contributed by atoms with E-state index in [1.165, 1.54) is 18.0 Å². The van der Waals surface area contributed by atoms with E-state index in [0.29, 0.717) is 0 Å². The Morgan fingerprint density at radius 3 is 2.53 bits per heavy atom. The van der Waals surface area contributed by atoms with Crippen LogP contribution in [0.1, 0.15) is 31.6 Å². The number of hydrazine groups is 1. The standard InChI is InChI=1S/C9H15ClF2N4O/c1-5(2)16-7(6(17-3)4-14-16)8(15-13)9(10,11)12/h4-5,8,15H,13H2,1-3H3. The van der Waals surface area contributed by atoms with Crippen LogP contribution in [0.5, 0.6) is 5.75 Å². The monoisotopic (exact) mass is 268 g/mol. The van der Waals surface area contributed by atoms with Gasteiger partial charge in [-0.05, 0) is 25.4 Å².